The molecule has 0 radical (unpaired) electrons. The molecule has 0 aliphatic carbocycles. The summed E-state index contributed by atoms with van der Waals surface area (Å²) < 4.78 is 2.14. The van der Waals surface area contributed by atoms with Crippen LogP contribution < -0.4 is 0 Å². The van der Waals surface area contributed by atoms with Crippen LogP contribution in [0.5, 0.6) is 0 Å². The third-order valence-electron chi connectivity index (χ3n) is 4.28. The molecule has 94 valence electrons. The summed E-state index contributed by atoms with van der Waals surface area (Å²) in [5, 5.41) is 4.68. The average Bonchev–Trinajstić information content (AvgIpc) is 2.87. The van der Waals surface area contributed by atoms with Gasteiger partial charge in [-0.1, -0.05) is 6.92 Å². The fourth-order valence-electron chi connectivity index (χ4n) is 3.14. The van der Waals surface area contributed by atoms with Crippen LogP contribution in [0.1, 0.15) is 50.2 Å². The molecule has 0 aromatic carbocycles. The Kier molecular flexibility index (Phi) is 2.90. The maximum Gasteiger partial charge on any atom is 0.152 e. The summed E-state index contributed by atoms with van der Waals surface area (Å²) in [4.78, 5) is 7.20. The molecule has 0 N–H and O–H groups in total. The topological polar surface area (TPSA) is 34.0 Å². The normalized spacial score (nSPS) is 29.5. The van der Waals surface area contributed by atoms with Gasteiger partial charge in [-0.2, -0.15) is 5.10 Å². The molecule has 4 heteroatoms. The van der Waals surface area contributed by atoms with Crippen molar-refractivity contribution in [2.24, 2.45) is 0 Å². The monoisotopic (exact) mass is 234 g/mol. The van der Waals surface area contributed by atoms with Gasteiger partial charge in [-0.15, -0.1) is 0 Å². The lowest BCUT2D eigenvalue weighted by molar-refractivity contribution is 0.305. The molecule has 4 nitrogen and oxygen atoms in total. The van der Waals surface area contributed by atoms with Gasteiger partial charge in [0.1, 0.15) is 5.82 Å². The number of aryl methyl sites for hydroxylation is 1. The summed E-state index contributed by atoms with van der Waals surface area (Å²) >= 11 is 0. The van der Waals surface area contributed by atoms with E-state index in [1.165, 1.54) is 38.1 Å². The van der Waals surface area contributed by atoms with Crippen LogP contribution in [-0.2, 0) is 13.0 Å². The van der Waals surface area contributed by atoms with Crippen LogP contribution in [-0.4, -0.2) is 39.3 Å². The van der Waals surface area contributed by atoms with Crippen LogP contribution in [0.25, 0.3) is 0 Å². The van der Waals surface area contributed by atoms with E-state index >= 15 is 0 Å². The number of hydrogen-bond acceptors (Lipinski definition) is 3. The SMILES string of the molecule is CC1CCCn2nc(CC3CCCN3C)nc21. The number of aromatic nitrogens is 3. The minimum atomic E-state index is 0.589. The molecular weight excluding hydrogens is 212 g/mol. The second kappa shape index (κ2) is 4.41. The summed E-state index contributed by atoms with van der Waals surface area (Å²) in [6, 6.07) is 0.662. The molecule has 0 amide bonds. The zero-order chi connectivity index (χ0) is 11.8. The van der Waals surface area contributed by atoms with Crippen LogP contribution in [0.15, 0.2) is 0 Å². The molecule has 2 aliphatic rings. The Hall–Kier alpha value is -0.900. The van der Waals surface area contributed by atoms with Gasteiger partial charge in [0.15, 0.2) is 5.82 Å². The molecule has 0 bridgehead atoms. The largest absolute Gasteiger partial charge is 0.303 e. The Morgan fingerprint density at radius 2 is 2.06 bits per heavy atom. The highest BCUT2D eigenvalue weighted by atomic mass is 15.4. The van der Waals surface area contributed by atoms with Crippen molar-refractivity contribution in [1.82, 2.24) is 19.7 Å². The van der Waals surface area contributed by atoms with Crippen LogP contribution in [0.3, 0.4) is 0 Å². The first-order chi connectivity index (χ1) is 8.24. The lowest BCUT2D eigenvalue weighted by atomic mass is 10.0. The molecule has 3 heterocycles. The van der Waals surface area contributed by atoms with Gasteiger partial charge in [0, 0.05) is 24.9 Å². The van der Waals surface area contributed by atoms with E-state index in [1.807, 2.05) is 0 Å². The van der Waals surface area contributed by atoms with Gasteiger partial charge in [-0.25, -0.2) is 9.67 Å². The van der Waals surface area contributed by atoms with Crippen molar-refractivity contribution in [2.75, 3.05) is 13.6 Å². The smallest absolute Gasteiger partial charge is 0.152 e. The first-order valence-electron chi connectivity index (χ1n) is 6.88. The highest BCUT2D eigenvalue weighted by molar-refractivity contribution is 5.03. The number of fused-ring (bicyclic) bond motifs is 1. The molecular formula is C13H22N4. The third-order valence-corrected chi connectivity index (χ3v) is 4.28. The van der Waals surface area contributed by atoms with Gasteiger partial charge >= 0.3 is 0 Å². The fraction of sp³-hybridized carbons (Fsp3) is 0.846. The summed E-state index contributed by atoms with van der Waals surface area (Å²) in [6.07, 6.45) is 6.17. The molecule has 1 saturated heterocycles. The van der Waals surface area contributed by atoms with Crippen molar-refractivity contribution >= 4 is 0 Å². The molecule has 3 rings (SSSR count). The predicted molar refractivity (Wildman–Crippen MR) is 67.0 cm³/mol. The van der Waals surface area contributed by atoms with Crippen LogP contribution in [0.2, 0.25) is 0 Å². The zero-order valence-corrected chi connectivity index (χ0v) is 10.9. The fourth-order valence-corrected chi connectivity index (χ4v) is 3.14. The van der Waals surface area contributed by atoms with Gasteiger partial charge in [0.25, 0.3) is 0 Å². The minimum absolute atomic E-state index is 0.589. The Morgan fingerprint density at radius 1 is 1.24 bits per heavy atom. The van der Waals surface area contributed by atoms with Crippen molar-refractivity contribution in [3.05, 3.63) is 11.6 Å². The van der Waals surface area contributed by atoms with Crippen molar-refractivity contribution in [2.45, 2.75) is 57.5 Å². The van der Waals surface area contributed by atoms with E-state index in [4.69, 9.17) is 4.98 Å². The van der Waals surface area contributed by atoms with Crippen molar-refractivity contribution in [1.29, 1.82) is 0 Å². The minimum Gasteiger partial charge on any atom is -0.303 e. The maximum absolute atomic E-state index is 4.75. The lowest BCUT2D eigenvalue weighted by Gasteiger charge is -2.17. The van der Waals surface area contributed by atoms with Crippen LogP contribution in [0, 0.1) is 0 Å². The Morgan fingerprint density at radius 3 is 2.76 bits per heavy atom. The number of hydrogen-bond donors (Lipinski definition) is 0. The summed E-state index contributed by atoms with van der Waals surface area (Å²) in [5.41, 5.74) is 0. The maximum atomic E-state index is 4.75. The second-order valence-corrected chi connectivity index (χ2v) is 5.63. The third kappa shape index (κ3) is 2.10. The molecule has 2 atom stereocenters. The number of likely N-dealkylation sites (tertiary alicyclic amines) is 1. The van der Waals surface area contributed by atoms with E-state index in [0.29, 0.717) is 12.0 Å². The van der Waals surface area contributed by atoms with Gasteiger partial charge < -0.3 is 4.90 Å². The zero-order valence-electron chi connectivity index (χ0n) is 10.9. The Bertz CT molecular complexity index is 398. The van der Waals surface area contributed by atoms with Gasteiger partial charge in [0.05, 0.1) is 0 Å². The Labute approximate surface area is 103 Å². The summed E-state index contributed by atoms with van der Waals surface area (Å²) in [6.45, 7) is 4.56. The summed E-state index contributed by atoms with van der Waals surface area (Å²) in [5.74, 6) is 2.87. The molecule has 2 aliphatic heterocycles. The number of likely N-dealkylation sites (N-methyl/N-ethyl adjacent to an activating group) is 1. The first kappa shape index (κ1) is 11.2. The van der Waals surface area contributed by atoms with E-state index < -0.39 is 0 Å². The molecule has 1 fully saturated rings. The van der Waals surface area contributed by atoms with E-state index in [-0.39, 0.29) is 0 Å². The van der Waals surface area contributed by atoms with Crippen LogP contribution in [0.4, 0.5) is 0 Å². The molecule has 0 spiro atoms. The first-order valence-corrected chi connectivity index (χ1v) is 6.88. The average molecular weight is 234 g/mol. The highest BCUT2D eigenvalue weighted by Crippen LogP contribution is 2.25. The molecule has 2 unspecified atom stereocenters. The Balaban J connectivity index is 1.75. The van der Waals surface area contributed by atoms with E-state index in [9.17, 15) is 0 Å². The standard InChI is InChI=1S/C13H22N4/c1-10-5-3-8-17-13(10)14-12(15-17)9-11-6-4-7-16(11)2/h10-11H,3-9H2,1-2H3. The molecule has 0 saturated carbocycles. The van der Waals surface area contributed by atoms with Crippen molar-refractivity contribution in [3.8, 4) is 0 Å². The number of nitrogens with zero attached hydrogens (tertiary/aromatic N) is 4. The van der Waals surface area contributed by atoms with E-state index in [0.717, 1.165) is 18.8 Å². The lowest BCUT2D eigenvalue weighted by Crippen LogP contribution is -2.27. The molecule has 1 aromatic rings. The van der Waals surface area contributed by atoms with Crippen molar-refractivity contribution in [3.63, 3.8) is 0 Å². The summed E-state index contributed by atoms with van der Waals surface area (Å²) in [7, 11) is 2.22. The van der Waals surface area contributed by atoms with Crippen molar-refractivity contribution < 1.29 is 0 Å². The molecule has 1 aromatic heterocycles. The van der Waals surface area contributed by atoms with Gasteiger partial charge in [-0.3, -0.25) is 0 Å². The van der Waals surface area contributed by atoms with Crippen LogP contribution >= 0.6 is 0 Å². The second-order valence-electron chi connectivity index (χ2n) is 5.63. The van der Waals surface area contributed by atoms with E-state index in [2.05, 4.69) is 28.7 Å². The van der Waals surface area contributed by atoms with Gasteiger partial charge in [-0.05, 0) is 39.3 Å². The quantitative estimate of drug-likeness (QED) is 0.782. The predicted octanol–water partition coefficient (Wildman–Crippen LogP) is 1.81. The molecule has 17 heavy (non-hydrogen) atoms. The van der Waals surface area contributed by atoms with Gasteiger partial charge in [0.2, 0.25) is 0 Å². The highest BCUT2D eigenvalue weighted by Gasteiger charge is 2.25. The van der Waals surface area contributed by atoms with E-state index in [1.54, 1.807) is 0 Å². The number of rotatable bonds is 2.